The molecule has 2 heteroatoms. The van der Waals surface area contributed by atoms with Crippen LogP contribution in [0.1, 0.15) is 0 Å². The van der Waals surface area contributed by atoms with Crippen LogP contribution in [0.4, 0.5) is 0 Å². The average Bonchev–Trinajstić information content (AvgIpc) is 2.66. The number of carbonyl (C=O) groups is 2. The van der Waals surface area contributed by atoms with Gasteiger partial charge in [0.15, 0.2) is 5.78 Å². The number of Topliss-reactive ketones (excluding diaryl/α,β-unsaturated/α-hetero) is 1. The lowest BCUT2D eigenvalue weighted by Gasteiger charge is -2.15. The molecule has 0 amide bonds. The highest BCUT2D eigenvalue weighted by atomic mass is 16.1. The average molecular weight is 160 g/mol. The minimum absolute atomic E-state index is 0.0164. The lowest BCUT2D eigenvalue weighted by Crippen LogP contribution is -2.20. The molecule has 4 atom stereocenters. The lowest BCUT2D eigenvalue weighted by molar-refractivity contribution is -0.124. The zero-order valence-corrected chi connectivity index (χ0v) is 6.44. The minimum Gasteiger partial charge on any atom is -0.298 e. The number of carbonyl (C=O) groups excluding carboxylic acids is 2. The fourth-order valence-corrected chi connectivity index (χ4v) is 2.65. The van der Waals surface area contributed by atoms with Gasteiger partial charge in [0.1, 0.15) is 5.78 Å². The van der Waals surface area contributed by atoms with Gasteiger partial charge in [-0.15, -0.1) is 0 Å². The smallest absolute Gasteiger partial charge is 0.160 e. The van der Waals surface area contributed by atoms with Gasteiger partial charge in [-0.05, 0) is 6.08 Å². The molecule has 3 aliphatic carbocycles. The molecule has 0 N–H and O–H groups in total. The quantitative estimate of drug-likeness (QED) is 0.490. The number of fused-ring (bicyclic) bond motifs is 5. The van der Waals surface area contributed by atoms with Crippen molar-refractivity contribution >= 4 is 11.6 Å². The van der Waals surface area contributed by atoms with E-state index >= 15 is 0 Å². The molecule has 0 aromatic heterocycles. The highest BCUT2D eigenvalue weighted by Gasteiger charge is 2.54. The molecule has 1 fully saturated rings. The van der Waals surface area contributed by atoms with E-state index in [-0.39, 0.29) is 35.2 Å². The van der Waals surface area contributed by atoms with E-state index < -0.39 is 0 Å². The zero-order valence-electron chi connectivity index (χ0n) is 6.44. The van der Waals surface area contributed by atoms with E-state index in [0.717, 1.165) is 0 Å². The molecular weight excluding hydrogens is 152 g/mol. The maximum absolute atomic E-state index is 11.5. The van der Waals surface area contributed by atoms with Crippen LogP contribution >= 0.6 is 0 Å². The predicted molar refractivity (Wildman–Crippen MR) is 42.3 cm³/mol. The molecule has 1 saturated carbocycles. The van der Waals surface area contributed by atoms with Crippen molar-refractivity contribution in [1.29, 1.82) is 0 Å². The van der Waals surface area contributed by atoms with Crippen LogP contribution in [0, 0.1) is 23.7 Å². The van der Waals surface area contributed by atoms with Crippen LogP contribution in [-0.2, 0) is 9.59 Å². The Morgan fingerprint density at radius 1 is 1.00 bits per heavy atom. The molecule has 60 valence electrons. The molecule has 0 aromatic carbocycles. The number of hydrogen-bond donors (Lipinski definition) is 0. The first kappa shape index (κ1) is 6.35. The molecule has 2 nitrogen and oxygen atoms in total. The number of rotatable bonds is 0. The number of allylic oxidation sites excluding steroid dienone is 4. The second kappa shape index (κ2) is 1.76. The Bertz CT molecular complexity index is 338. The minimum atomic E-state index is -0.0949. The van der Waals surface area contributed by atoms with Crippen molar-refractivity contribution in [1.82, 2.24) is 0 Å². The molecule has 0 heterocycles. The Morgan fingerprint density at radius 3 is 2.50 bits per heavy atom. The molecule has 0 aromatic rings. The van der Waals surface area contributed by atoms with E-state index in [1.54, 1.807) is 6.08 Å². The number of ketones is 2. The van der Waals surface area contributed by atoms with E-state index in [1.807, 2.05) is 18.2 Å². The van der Waals surface area contributed by atoms with Crippen LogP contribution in [0.2, 0.25) is 0 Å². The Hall–Kier alpha value is -1.18. The summed E-state index contributed by atoms with van der Waals surface area (Å²) in [5.41, 5.74) is 0. The van der Waals surface area contributed by atoms with Crippen molar-refractivity contribution in [2.24, 2.45) is 23.7 Å². The molecule has 2 bridgehead atoms. The molecule has 0 unspecified atom stereocenters. The second-order valence-corrected chi connectivity index (χ2v) is 3.70. The second-order valence-electron chi connectivity index (χ2n) is 3.70. The molecule has 0 saturated heterocycles. The summed E-state index contributed by atoms with van der Waals surface area (Å²) in [7, 11) is 0. The van der Waals surface area contributed by atoms with Crippen LogP contribution in [-0.4, -0.2) is 11.6 Å². The van der Waals surface area contributed by atoms with Gasteiger partial charge < -0.3 is 0 Å². The summed E-state index contributed by atoms with van der Waals surface area (Å²) < 4.78 is 0. The van der Waals surface area contributed by atoms with Crippen LogP contribution in [0.5, 0.6) is 0 Å². The zero-order chi connectivity index (χ0) is 8.29. The molecule has 12 heavy (non-hydrogen) atoms. The van der Waals surface area contributed by atoms with Gasteiger partial charge in [-0.2, -0.15) is 0 Å². The molecule has 0 spiro atoms. The Labute approximate surface area is 70.0 Å². The normalized spacial score (nSPS) is 47.7. The fraction of sp³-hybridized carbons (Fsp3) is 0.400. The first-order valence-corrected chi connectivity index (χ1v) is 4.23. The summed E-state index contributed by atoms with van der Waals surface area (Å²) in [5, 5.41) is 0. The van der Waals surface area contributed by atoms with Gasteiger partial charge in [0.05, 0.1) is 0 Å². The third kappa shape index (κ3) is 0.501. The van der Waals surface area contributed by atoms with E-state index in [0.29, 0.717) is 0 Å². The van der Waals surface area contributed by atoms with Crippen LogP contribution < -0.4 is 0 Å². The molecule has 3 rings (SSSR count). The van der Waals surface area contributed by atoms with E-state index in [4.69, 9.17) is 0 Å². The van der Waals surface area contributed by atoms with Crippen molar-refractivity contribution in [3.63, 3.8) is 0 Å². The Morgan fingerprint density at radius 2 is 1.75 bits per heavy atom. The number of hydrogen-bond acceptors (Lipinski definition) is 2. The van der Waals surface area contributed by atoms with E-state index in [9.17, 15) is 9.59 Å². The van der Waals surface area contributed by atoms with Gasteiger partial charge in [-0.1, -0.05) is 18.2 Å². The first-order chi connectivity index (χ1) is 5.79. The largest absolute Gasteiger partial charge is 0.298 e. The topological polar surface area (TPSA) is 34.1 Å². The van der Waals surface area contributed by atoms with Crippen molar-refractivity contribution in [2.75, 3.05) is 0 Å². The first-order valence-electron chi connectivity index (χ1n) is 4.23. The van der Waals surface area contributed by atoms with Crippen LogP contribution in [0.15, 0.2) is 24.3 Å². The standard InChI is InChI=1S/C10H8O2/c11-8-4-3-5-6-1-2-7(9(5)8)10(6)12/h1-7,9H/t5-,6+,7-,9-/m0/s1. The highest BCUT2D eigenvalue weighted by molar-refractivity contribution is 6.05. The van der Waals surface area contributed by atoms with Crippen molar-refractivity contribution in [3.8, 4) is 0 Å². The fourth-order valence-electron chi connectivity index (χ4n) is 2.65. The maximum Gasteiger partial charge on any atom is 0.160 e. The summed E-state index contributed by atoms with van der Waals surface area (Å²) in [6, 6.07) is 0. The molecule has 3 aliphatic rings. The molecular formula is C10H8O2. The summed E-state index contributed by atoms with van der Waals surface area (Å²) in [5.74, 6) is 0.477. The van der Waals surface area contributed by atoms with Gasteiger partial charge in [0.2, 0.25) is 0 Å². The SMILES string of the molecule is O=C1C=C[C@@H]2[C@H]1[C@@H]1C=C[C@H]2C1=O. The van der Waals surface area contributed by atoms with Gasteiger partial charge in [0, 0.05) is 23.7 Å². The van der Waals surface area contributed by atoms with Crippen molar-refractivity contribution < 1.29 is 9.59 Å². The summed E-state index contributed by atoms with van der Waals surface area (Å²) in [6.45, 7) is 0. The van der Waals surface area contributed by atoms with Gasteiger partial charge in [0.25, 0.3) is 0 Å². The summed E-state index contributed by atoms with van der Waals surface area (Å²) in [6.07, 6.45) is 7.39. The van der Waals surface area contributed by atoms with Crippen molar-refractivity contribution in [2.45, 2.75) is 0 Å². The van der Waals surface area contributed by atoms with Gasteiger partial charge >= 0.3 is 0 Å². The predicted octanol–water partition coefficient (Wildman–Crippen LogP) is 0.743. The summed E-state index contributed by atoms with van der Waals surface area (Å²) in [4.78, 5) is 22.8. The van der Waals surface area contributed by atoms with Crippen molar-refractivity contribution in [3.05, 3.63) is 24.3 Å². The van der Waals surface area contributed by atoms with Gasteiger partial charge in [-0.25, -0.2) is 0 Å². The Kier molecular flexibility index (Phi) is 0.932. The van der Waals surface area contributed by atoms with Gasteiger partial charge in [-0.3, -0.25) is 9.59 Å². The highest BCUT2D eigenvalue weighted by Crippen LogP contribution is 2.48. The van der Waals surface area contributed by atoms with E-state index in [2.05, 4.69) is 0 Å². The lowest BCUT2D eigenvalue weighted by atomic mass is 9.85. The third-order valence-electron chi connectivity index (χ3n) is 3.21. The maximum atomic E-state index is 11.5. The van der Waals surface area contributed by atoms with E-state index in [1.165, 1.54) is 0 Å². The Balaban J connectivity index is 2.13. The molecule has 0 aliphatic heterocycles. The van der Waals surface area contributed by atoms with Crippen LogP contribution in [0.25, 0.3) is 0 Å². The molecule has 0 radical (unpaired) electrons. The third-order valence-corrected chi connectivity index (χ3v) is 3.21. The van der Waals surface area contributed by atoms with Crippen LogP contribution in [0.3, 0.4) is 0 Å². The monoisotopic (exact) mass is 160 g/mol. The summed E-state index contributed by atoms with van der Waals surface area (Å²) >= 11 is 0.